The highest BCUT2D eigenvalue weighted by Crippen LogP contribution is 2.29. The molecule has 0 aliphatic rings. The quantitative estimate of drug-likeness (QED) is 0.835. The number of nitrogens with zero attached hydrogens (tertiary/aromatic N) is 2. The van der Waals surface area contributed by atoms with Gasteiger partial charge in [-0.3, -0.25) is 0 Å². The number of nitrogen functional groups attached to an aromatic ring is 1. The summed E-state index contributed by atoms with van der Waals surface area (Å²) in [4.78, 5) is 2.34. The van der Waals surface area contributed by atoms with E-state index in [-0.39, 0.29) is 0 Å². The van der Waals surface area contributed by atoms with Crippen LogP contribution in [0.2, 0.25) is 0 Å². The summed E-state index contributed by atoms with van der Waals surface area (Å²) < 4.78 is 4.17. The molecule has 0 saturated carbocycles. The zero-order chi connectivity index (χ0) is 10.7. The first kappa shape index (κ1) is 11.3. The van der Waals surface area contributed by atoms with Crippen molar-refractivity contribution >= 4 is 22.4 Å². The number of aromatic nitrogens is 1. The first-order valence-electron chi connectivity index (χ1n) is 5.03. The van der Waals surface area contributed by atoms with E-state index in [1.165, 1.54) is 16.5 Å². The second-order valence-electron chi connectivity index (χ2n) is 3.93. The van der Waals surface area contributed by atoms with Gasteiger partial charge in [0, 0.05) is 18.7 Å². The number of anilines is 2. The van der Waals surface area contributed by atoms with E-state index in [4.69, 9.17) is 5.73 Å². The minimum atomic E-state index is 0.665. The fourth-order valence-electron chi connectivity index (χ4n) is 1.43. The lowest BCUT2D eigenvalue weighted by Gasteiger charge is -2.23. The average Bonchev–Trinajstić information content (AvgIpc) is 2.44. The van der Waals surface area contributed by atoms with Crippen LogP contribution in [0.1, 0.15) is 26.3 Å². The summed E-state index contributed by atoms with van der Waals surface area (Å²) in [7, 11) is 0. The molecule has 0 spiro atoms. The maximum absolute atomic E-state index is 5.74. The van der Waals surface area contributed by atoms with Gasteiger partial charge in [-0.05, 0) is 31.3 Å². The molecule has 0 fully saturated rings. The van der Waals surface area contributed by atoms with Gasteiger partial charge in [0.25, 0.3) is 0 Å². The van der Waals surface area contributed by atoms with Crippen molar-refractivity contribution in [2.75, 3.05) is 23.7 Å². The van der Waals surface area contributed by atoms with Crippen molar-refractivity contribution in [3.8, 4) is 0 Å². The van der Waals surface area contributed by atoms with Gasteiger partial charge in [-0.25, -0.2) is 0 Å². The van der Waals surface area contributed by atoms with Crippen LogP contribution < -0.4 is 10.6 Å². The minimum Gasteiger partial charge on any atom is -0.383 e. The van der Waals surface area contributed by atoms with Crippen LogP contribution in [0.4, 0.5) is 10.8 Å². The molecule has 3 nitrogen and oxygen atoms in total. The summed E-state index contributed by atoms with van der Waals surface area (Å²) in [5.74, 6) is 1.34. The maximum Gasteiger partial charge on any atom is 0.142 e. The molecule has 0 aliphatic heterocycles. The molecule has 0 aliphatic carbocycles. The number of hydrogen-bond donors (Lipinski definition) is 1. The van der Waals surface area contributed by atoms with Crippen LogP contribution in [-0.4, -0.2) is 17.5 Å². The molecule has 1 aromatic heterocycles. The molecular weight excluding hydrogens is 194 g/mol. The molecule has 0 amide bonds. The van der Waals surface area contributed by atoms with Gasteiger partial charge >= 0.3 is 0 Å². The lowest BCUT2D eigenvalue weighted by molar-refractivity contribution is 0.621. The van der Waals surface area contributed by atoms with Crippen molar-refractivity contribution in [2.24, 2.45) is 5.92 Å². The van der Waals surface area contributed by atoms with Crippen molar-refractivity contribution in [1.82, 2.24) is 4.37 Å². The van der Waals surface area contributed by atoms with Crippen LogP contribution >= 0.6 is 11.5 Å². The van der Waals surface area contributed by atoms with Crippen molar-refractivity contribution < 1.29 is 0 Å². The second kappa shape index (κ2) is 4.64. The summed E-state index contributed by atoms with van der Waals surface area (Å²) in [6, 6.07) is 0. The van der Waals surface area contributed by atoms with Gasteiger partial charge < -0.3 is 10.6 Å². The molecule has 0 bridgehead atoms. The van der Waals surface area contributed by atoms with Gasteiger partial charge in [0.2, 0.25) is 0 Å². The van der Waals surface area contributed by atoms with E-state index in [9.17, 15) is 0 Å². The number of nitrogens with two attached hydrogens (primary N) is 1. The molecule has 4 heteroatoms. The normalized spacial score (nSPS) is 10.9. The highest BCUT2D eigenvalue weighted by Gasteiger charge is 2.13. The number of hydrogen-bond acceptors (Lipinski definition) is 4. The highest BCUT2D eigenvalue weighted by molar-refractivity contribution is 7.10. The van der Waals surface area contributed by atoms with E-state index in [1.54, 1.807) is 0 Å². The van der Waals surface area contributed by atoms with Crippen LogP contribution in [-0.2, 0) is 0 Å². The molecule has 0 radical (unpaired) electrons. The SMILES string of the molecule is CCN(CC(C)C)c1snc(N)c1C. The third-order valence-electron chi connectivity index (χ3n) is 2.19. The molecule has 0 unspecified atom stereocenters. The minimum absolute atomic E-state index is 0.665. The molecule has 1 heterocycles. The molecule has 80 valence electrons. The standard InChI is InChI=1S/C10H19N3S/c1-5-13(6-7(2)3)10-8(4)9(11)12-14-10/h7H,5-6H2,1-4H3,(H2,11,12). The van der Waals surface area contributed by atoms with Crippen LogP contribution in [0.5, 0.6) is 0 Å². The average molecular weight is 213 g/mol. The predicted octanol–water partition coefficient (Wildman–Crippen LogP) is 2.52. The zero-order valence-electron chi connectivity index (χ0n) is 9.37. The first-order valence-corrected chi connectivity index (χ1v) is 5.80. The monoisotopic (exact) mass is 213 g/mol. The fourth-order valence-corrected chi connectivity index (χ4v) is 2.31. The molecule has 2 N–H and O–H groups in total. The van der Waals surface area contributed by atoms with Gasteiger partial charge in [0.05, 0.1) is 0 Å². The molecule has 0 aromatic carbocycles. The topological polar surface area (TPSA) is 42.2 Å². The Bertz CT molecular complexity index is 294. The van der Waals surface area contributed by atoms with E-state index < -0.39 is 0 Å². The Kier molecular flexibility index (Phi) is 3.75. The smallest absolute Gasteiger partial charge is 0.142 e. The van der Waals surface area contributed by atoms with Crippen molar-refractivity contribution in [3.63, 3.8) is 0 Å². The van der Waals surface area contributed by atoms with Crippen LogP contribution in [0.25, 0.3) is 0 Å². The van der Waals surface area contributed by atoms with Crippen LogP contribution in [0, 0.1) is 12.8 Å². The lowest BCUT2D eigenvalue weighted by Crippen LogP contribution is -2.26. The predicted molar refractivity (Wildman–Crippen MR) is 64.0 cm³/mol. The summed E-state index contributed by atoms with van der Waals surface area (Å²) in [5.41, 5.74) is 6.86. The van der Waals surface area contributed by atoms with Gasteiger partial charge in [-0.2, -0.15) is 4.37 Å². The van der Waals surface area contributed by atoms with Gasteiger partial charge in [-0.1, -0.05) is 13.8 Å². The fraction of sp³-hybridized carbons (Fsp3) is 0.700. The van der Waals surface area contributed by atoms with Crippen LogP contribution in [0.3, 0.4) is 0 Å². The number of rotatable bonds is 4. The van der Waals surface area contributed by atoms with Gasteiger partial charge in [0.1, 0.15) is 10.8 Å². The molecule has 0 atom stereocenters. The molecule has 1 rings (SSSR count). The third kappa shape index (κ3) is 2.38. The molecular formula is C10H19N3S. The Hall–Kier alpha value is -0.770. The summed E-state index contributed by atoms with van der Waals surface area (Å²) >= 11 is 1.50. The van der Waals surface area contributed by atoms with E-state index >= 15 is 0 Å². The molecule has 14 heavy (non-hydrogen) atoms. The Labute approximate surface area is 90.1 Å². The van der Waals surface area contributed by atoms with Crippen molar-refractivity contribution in [3.05, 3.63) is 5.56 Å². The summed E-state index contributed by atoms with van der Waals surface area (Å²) in [6.45, 7) is 10.7. The van der Waals surface area contributed by atoms with Gasteiger partial charge in [-0.15, -0.1) is 0 Å². The third-order valence-corrected chi connectivity index (χ3v) is 3.22. The van der Waals surface area contributed by atoms with E-state index in [0.717, 1.165) is 18.7 Å². The van der Waals surface area contributed by atoms with E-state index in [0.29, 0.717) is 11.7 Å². The Balaban J connectivity index is 2.84. The summed E-state index contributed by atoms with van der Waals surface area (Å²) in [5, 5.41) is 1.22. The van der Waals surface area contributed by atoms with Crippen LogP contribution in [0.15, 0.2) is 0 Å². The zero-order valence-corrected chi connectivity index (χ0v) is 10.2. The lowest BCUT2D eigenvalue weighted by atomic mass is 10.2. The maximum atomic E-state index is 5.74. The first-order chi connectivity index (χ1) is 6.56. The Morgan fingerprint density at radius 2 is 2.14 bits per heavy atom. The molecule has 1 aromatic rings. The Morgan fingerprint density at radius 1 is 1.50 bits per heavy atom. The molecule has 0 saturated heterocycles. The Morgan fingerprint density at radius 3 is 2.50 bits per heavy atom. The summed E-state index contributed by atoms with van der Waals surface area (Å²) in [6.07, 6.45) is 0. The van der Waals surface area contributed by atoms with E-state index in [2.05, 4.69) is 30.0 Å². The van der Waals surface area contributed by atoms with E-state index in [1.807, 2.05) is 6.92 Å². The van der Waals surface area contributed by atoms with Gasteiger partial charge in [0.15, 0.2) is 0 Å². The highest BCUT2D eigenvalue weighted by atomic mass is 32.1. The van der Waals surface area contributed by atoms with Crippen molar-refractivity contribution in [1.29, 1.82) is 0 Å². The largest absolute Gasteiger partial charge is 0.383 e. The second-order valence-corrected chi connectivity index (χ2v) is 4.68. The van der Waals surface area contributed by atoms with Crippen molar-refractivity contribution in [2.45, 2.75) is 27.7 Å².